The van der Waals surface area contributed by atoms with Gasteiger partial charge in [-0.15, -0.1) is 0 Å². The maximum atomic E-state index is 9.29. The van der Waals surface area contributed by atoms with E-state index in [1.54, 1.807) is 26.5 Å². The molecule has 0 aliphatic carbocycles. The van der Waals surface area contributed by atoms with Gasteiger partial charge >= 0.3 is 0 Å². The quantitative estimate of drug-likeness (QED) is 0.622. The number of H-pyrrole nitrogens is 1. The van der Waals surface area contributed by atoms with E-state index >= 15 is 0 Å². The van der Waals surface area contributed by atoms with Gasteiger partial charge in [-0.25, -0.2) is 4.98 Å². The molecular formula is C19H16N4O2. The van der Waals surface area contributed by atoms with Crippen LogP contribution in [0.5, 0.6) is 11.5 Å². The second-order valence-corrected chi connectivity index (χ2v) is 5.79. The fraction of sp³-hybridized carbons (Fsp3) is 0.158. The highest BCUT2D eigenvalue weighted by Crippen LogP contribution is 2.38. The Morgan fingerprint density at radius 1 is 1.12 bits per heavy atom. The van der Waals surface area contributed by atoms with Crippen molar-refractivity contribution in [2.45, 2.75) is 0 Å². The summed E-state index contributed by atoms with van der Waals surface area (Å²) in [6.45, 7) is 0. The van der Waals surface area contributed by atoms with Gasteiger partial charge in [0.25, 0.3) is 0 Å². The number of rotatable bonds is 3. The van der Waals surface area contributed by atoms with E-state index < -0.39 is 0 Å². The smallest absolute Gasteiger partial charge is 0.162 e. The molecule has 0 fully saturated rings. The Morgan fingerprint density at radius 2 is 1.88 bits per heavy atom. The van der Waals surface area contributed by atoms with E-state index in [-0.39, 0.29) is 0 Å². The van der Waals surface area contributed by atoms with Crippen LogP contribution in [0.1, 0.15) is 5.56 Å². The molecule has 1 aromatic carbocycles. The van der Waals surface area contributed by atoms with Crippen LogP contribution < -0.4 is 9.47 Å². The molecule has 25 heavy (non-hydrogen) atoms. The van der Waals surface area contributed by atoms with Gasteiger partial charge in [-0.1, -0.05) is 0 Å². The summed E-state index contributed by atoms with van der Waals surface area (Å²) in [4.78, 5) is 7.64. The Labute approximate surface area is 144 Å². The first-order valence-electron chi connectivity index (χ1n) is 7.75. The van der Waals surface area contributed by atoms with Crippen LogP contribution in [0, 0.1) is 11.3 Å². The average Bonchev–Trinajstić information content (AvgIpc) is 3.21. The predicted octanol–water partition coefficient (Wildman–Crippen LogP) is 3.61. The van der Waals surface area contributed by atoms with Gasteiger partial charge in [0, 0.05) is 47.5 Å². The zero-order valence-electron chi connectivity index (χ0n) is 14.1. The molecule has 3 aromatic heterocycles. The molecule has 0 radical (unpaired) electrons. The highest BCUT2D eigenvalue weighted by molar-refractivity contribution is 6.00. The van der Waals surface area contributed by atoms with E-state index in [0.29, 0.717) is 22.7 Å². The average molecular weight is 332 g/mol. The van der Waals surface area contributed by atoms with E-state index in [2.05, 4.69) is 16.0 Å². The van der Waals surface area contributed by atoms with Crippen molar-refractivity contribution in [1.29, 1.82) is 5.26 Å². The minimum Gasteiger partial charge on any atom is -0.493 e. The molecule has 0 spiro atoms. The molecule has 4 aromatic rings. The lowest BCUT2D eigenvalue weighted by molar-refractivity contribution is 0.355. The van der Waals surface area contributed by atoms with Crippen LogP contribution in [0.25, 0.3) is 33.2 Å². The van der Waals surface area contributed by atoms with Crippen molar-refractivity contribution in [1.82, 2.24) is 14.5 Å². The molecule has 4 rings (SSSR count). The number of nitrogens with one attached hydrogen (secondary N) is 1. The van der Waals surface area contributed by atoms with Gasteiger partial charge in [0.2, 0.25) is 0 Å². The number of methoxy groups -OCH3 is 2. The monoisotopic (exact) mass is 332 g/mol. The first-order valence-corrected chi connectivity index (χ1v) is 7.75. The fourth-order valence-electron chi connectivity index (χ4n) is 3.19. The second-order valence-electron chi connectivity index (χ2n) is 5.79. The number of nitriles is 1. The van der Waals surface area contributed by atoms with Crippen molar-refractivity contribution < 1.29 is 9.47 Å². The molecular weight excluding hydrogens is 316 g/mol. The van der Waals surface area contributed by atoms with E-state index in [9.17, 15) is 5.26 Å². The molecule has 0 aliphatic heterocycles. The number of hydrogen-bond donors (Lipinski definition) is 1. The maximum absolute atomic E-state index is 9.29. The molecule has 0 unspecified atom stereocenters. The third kappa shape index (κ3) is 2.21. The first kappa shape index (κ1) is 15.1. The summed E-state index contributed by atoms with van der Waals surface area (Å²) < 4.78 is 12.9. The van der Waals surface area contributed by atoms with Crippen LogP contribution in [-0.4, -0.2) is 28.8 Å². The maximum Gasteiger partial charge on any atom is 0.162 e. The minimum absolute atomic E-state index is 0.604. The number of aromatic amines is 1. The van der Waals surface area contributed by atoms with Gasteiger partial charge in [-0.05, 0) is 18.2 Å². The lowest BCUT2D eigenvalue weighted by Gasteiger charge is -2.08. The molecule has 6 heteroatoms. The topological polar surface area (TPSA) is 75.9 Å². The first-order chi connectivity index (χ1) is 12.2. The van der Waals surface area contributed by atoms with Crippen LogP contribution in [-0.2, 0) is 7.05 Å². The van der Waals surface area contributed by atoms with Gasteiger partial charge in [-0.2, -0.15) is 5.26 Å². The number of hydrogen-bond acceptors (Lipinski definition) is 4. The predicted molar refractivity (Wildman–Crippen MR) is 95.8 cm³/mol. The van der Waals surface area contributed by atoms with E-state index in [0.717, 1.165) is 27.5 Å². The van der Waals surface area contributed by atoms with Crippen molar-refractivity contribution in [2.75, 3.05) is 14.2 Å². The van der Waals surface area contributed by atoms with Crippen molar-refractivity contribution in [2.24, 2.45) is 7.05 Å². The zero-order valence-corrected chi connectivity index (χ0v) is 14.1. The number of benzene rings is 1. The molecule has 0 amide bonds. The Bertz CT molecular complexity index is 1150. The summed E-state index contributed by atoms with van der Waals surface area (Å²) in [5.74, 6) is 1.36. The summed E-state index contributed by atoms with van der Waals surface area (Å²) in [6.07, 6.45) is 3.68. The van der Waals surface area contributed by atoms with Gasteiger partial charge in [-0.3, -0.25) is 0 Å². The van der Waals surface area contributed by atoms with Crippen LogP contribution in [0.2, 0.25) is 0 Å². The van der Waals surface area contributed by atoms with Crippen molar-refractivity contribution >= 4 is 21.9 Å². The van der Waals surface area contributed by atoms with Gasteiger partial charge in [0.1, 0.15) is 5.65 Å². The van der Waals surface area contributed by atoms with Gasteiger partial charge in [0.15, 0.2) is 11.5 Å². The van der Waals surface area contributed by atoms with Crippen molar-refractivity contribution in [3.8, 4) is 28.8 Å². The fourth-order valence-corrected chi connectivity index (χ4v) is 3.19. The Kier molecular flexibility index (Phi) is 3.36. The van der Waals surface area contributed by atoms with Crippen LogP contribution in [0.3, 0.4) is 0 Å². The Hall–Kier alpha value is -3.46. The summed E-state index contributed by atoms with van der Waals surface area (Å²) in [5.41, 5.74) is 4.25. The highest BCUT2D eigenvalue weighted by Gasteiger charge is 2.16. The normalized spacial score (nSPS) is 11.0. The van der Waals surface area contributed by atoms with E-state index in [1.165, 1.54) is 0 Å². The van der Waals surface area contributed by atoms with Crippen LogP contribution in [0.15, 0.2) is 36.7 Å². The van der Waals surface area contributed by atoms with Gasteiger partial charge in [0.05, 0.1) is 31.4 Å². The molecule has 0 atom stereocenters. The Morgan fingerprint density at radius 3 is 2.60 bits per heavy atom. The molecule has 0 aliphatic rings. The summed E-state index contributed by atoms with van der Waals surface area (Å²) in [5, 5.41) is 11.1. The number of pyridine rings is 1. The SMILES string of the molecule is COc1cc2c(-c3cc4c(C#N)ccnc4[nH]3)cn(C)c2cc1OC. The number of nitrogens with zero attached hydrogens (tertiary/aromatic N) is 3. The van der Waals surface area contributed by atoms with E-state index in [1.807, 2.05) is 36.0 Å². The third-order valence-corrected chi connectivity index (χ3v) is 4.44. The molecule has 1 N–H and O–H groups in total. The van der Waals surface area contributed by atoms with Crippen LogP contribution >= 0.6 is 0 Å². The molecule has 124 valence electrons. The molecule has 6 nitrogen and oxygen atoms in total. The number of ether oxygens (including phenoxy) is 2. The molecule has 0 saturated heterocycles. The van der Waals surface area contributed by atoms with Crippen molar-refractivity contribution in [3.05, 3.63) is 42.2 Å². The lowest BCUT2D eigenvalue weighted by atomic mass is 10.1. The molecule has 0 saturated carbocycles. The largest absolute Gasteiger partial charge is 0.493 e. The van der Waals surface area contributed by atoms with Crippen LogP contribution in [0.4, 0.5) is 0 Å². The number of aryl methyl sites for hydroxylation is 1. The molecule has 0 bridgehead atoms. The highest BCUT2D eigenvalue weighted by atomic mass is 16.5. The van der Waals surface area contributed by atoms with E-state index in [4.69, 9.17) is 9.47 Å². The third-order valence-electron chi connectivity index (χ3n) is 4.44. The molecule has 3 heterocycles. The standard InChI is InChI=1S/C19H16N4O2/c1-23-10-14(13-7-17(24-2)18(25-3)8-16(13)23)15-6-12-11(9-20)4-5-21-19(12)22-15/h4-8,10H,1-3H3,(H,21,22). The number of aromatic nitrogens is 3. The minimum atomic E-state index is 0.604. The van der Waals surface area contributed by atoms with Crippen molar-refractivity contribution in [3.63, 3.8) is 0 Å². The summed E-state index contributed by atoms with van der Waals surface area (Å²) in [7, 11) is 5.23. The Balaban J connectivity index is 2.00. The summed E-state index contributed by atoms with van der Waals surface area (Å²) >= 11 is 0. The zero-order chi connectivity index (χ0) is 17.6. The van der Waals surface area contributed by atoms with Gasteiger partial charge < -0.3 is 19.0 Å². The summed E-state index contributed by atoms with van der Waals surface area (Å²) in [6, 6.07) is 9.82. The number of fused-ring (bicyclic) bond motifs is 2. The second kappa shape index (κ2) is 5.56. The lowest BCUT2D eigenvalue weighted by Crippen LogP contribution is -1.91.